The van der Waals surface area contributed by atoms with E-state index in [4.69, 9.17) is 4.74 Å². The molecular weight excluding hydrogens is 372 g/mol. The molecule has 3 rings (SSSR count). The lowest BCUT2D eigenvalue weighted by Gasteiger charge is -2.30. The largest absolute Gasteiger partial charge is 0.379 e. The lowest BCUT2D eigenvalue weighted by atomic mass is 10.1. The Bertz CT molecular complexity index is 856. The zero-order chi connectivity index (χ0) is 19.8. The predicted octanol–water partition coefficient (Wildman–Crippen LogP) is -0.562. The van der Waals surface area contributed by atoms with E-state index in [2.05, 4.69) is 9.97 Å². The molecule has 2 atom stereocenters. The summed E-state index contributed by atoms with van der Waals surface area (Å²) in [6.07, 6.45) is 1.97. The van der Waals surface area contributed by atoms with Crippen molar-refractivity contribution in [3.8, 4) is 0 Å². The molecule has 1 aromatic rings. The molecule has 10 heteroatoms. The Morgan fingerprint density at radius 3 is 2.67 bits per heavy atom. The van der Waals surface area contributed by atoms with E-state index in [-0.39, 0.29) is 30.0 Å². The number of fused-ring (bicyclic) bond motifs is 3. The van der Waals surface area contributed by atoms with E-state index >= 15 is 0 Å². The molecule has 2 bridgehead atoms. The van der Waals surface area contributed by atoms with E-state index < -0.39 is 10.0 Å². The van der Waals surface area contributed by atoms with Gasteiger partial charge < -0.3 is 14.6 Å². The van der Waals surface area contributed by atoms with Crippen LogP contribution in [0.3, 0.4) is 0 Å². The number of hydrogen-bond donors (Lipinski definition) is 1. The number of carbonyl (C=O) groups excluding carboxylic acids is 1. The minimum atomic E-state index is -3.35. The molecule has 1 N–H and O–H groups in total. The fourth-order valence-electron chi connectivity index (χ4n) is 3.93. The summed E-state index contributed by atoms with van der Waals surface area (Å²) in [5, 5.41) is 0. The third-order valence-electron chi connectivity index (χ3n) is 5.24. The Kier molecular flexibility index (Phi) is 5.68. The van der Waals surface area contributed by atoms with Gasteiger partial charge in [-0.05, 0) is 25.8 Å². The quantitative estimate of drug-likeness (QED) is 0.727. The van der Waals surface area contributed by atoms with Gasteiger partial charge in [-0.2, -0.15) is 9.29 Å². The number of amides is 1. The Morgan fingerprint density at radius 2 is 2.00 bits per heavy atom. The number of nitrogens with zero attached hydrogens (tertiary/aromatic N) is 3. The molecular formula is C17H26N4O5S. The summed E-state index contributed by atoms with van der Waals surface area (Å²) in [5.74, 6) is -0.0540. The van der Waals surface area contributed by atoms with Crippen LogP contribution in [0.25, 0.3) is 0 Å². The monoisotopic (exact) mass is 398 g/mol. The SMILES string of the molecule is Cc1nc(=O)[nH]c(C)c1CCC(=O)N1C[C@@H]2COC[C@H](C1)N(S(C)(=O)=O)C2. The molecule has 0 unspecified atom stereocenters. The van der Waals surface area contributed by atoms with E-state index in [0.717, 1.165) is 11.3 Å². The molecule has 1 amide bonds. The molecule has 2 fully saturated rings. The molecule has 0 radical (unpaired) electrons. The average molecular weight is 398 g/mol. The number of aromatic nitrogens is 2. The standard InChI is InChI=1S/C17H26N4O5S/c1-11-15(12(2)19-17(23)18-11)4-5-16(22)20-6-13-7-21(27(3,24)25)14(8-20)10-26-9-13/h13-14H,4-10H2,1-3H3,(H,18,19,23)/t13-,14-/m0/s1. The maximum absolute atomic E-state index is 12.8. The molecule has 1 aromatic heterocycles. The number of rotatable bonds is 4. The molecule has 0 aliphatic carbocycles. The number of ether oxygens (including phenoxy) is 1. The van der Waals surface area contributed by atoms with E-state index in [1.165, 1.54) is 10.6 Å². The first-order valence-electron chi connectivity index (χ1n) is 9.04. The van der Waals surface area contributed by atoms with Crippen LogP contribution < -0.4 is 5.69 Å². The molecule has 2 aliphatic heterocycles. The third-order valence-corrected chi connectivity index (χ3v) is 6.54. The Balaban J connectivity index is 1.72. The maximum Gasteiger partial charge on any atom is 0.345 e. The summed E-state index contributed by atoms with van der Waals surface area (Å²) in [6, 6.07) is -0.352. The lowest BCUT2D eigenvalue weighted by Crippen LogP contribution is -2.47. The van der Waals surface area contributed by atoms with Gasteiger partial charge in [0.1, 0.15) is 0 Å². The van der Waals surface area contributed by atoms with Gasteiger partial charge >= 0.3 is 5.69 Å². The Labute approximate surface area is 158 Å². The molecule has 3 heterocycles. The van der Waals surface area contributed by atoms with Crippen molar-refractivity contribution in [2.45, 2.75) is 32.7 Å². The van der Waals surface area contributed by atoms with Crippen LogP contribution >= 0.6 is 0 Å². The number of hydrogen-bond acceptors (Lipinski definition) is 6. The number of sulfonamides is 1. The zero-order valence-corrected chi connectivity index (χ0v) is 16.7. The molecule has 2 saturated heterocycles. The molecule has 0 spiro atoms. The maximum atomic E-state index is 12.8. The normalized spacial score (nSPS) is 23.9. The lowest BCUT2D eigenvalue weighted by molar-refractivity contribution is -0.132. The van der Waals surface area contributed by atoms with E-state index in [9.17, 15) is 18.0 Å². The number of nitrogens with one attached hydrogen (secondary N) is 1. The molecule has 0 saturated carbocycles. The van der Waals surface area contributed by atoms with Crippen LogP contribution in [0.4, 0.5) is 0 Å². The molecule has 9 nitrogen and oxygen atoms in total. The van der Waals surface area contributed by atoms with Gasteiger partial charge in [0.15, 0.2) is 0 Å². The summed E-state index contributed by atoms with van der Waals surface area (Å²) >= 11 is 0. The first kappa shape index (κ1) is 20.0. The molecule has 0 aromatic carbocycles. The summed E-state index contributed by atoms with van der Waals surface area (Å²) in [7, 11) is -3.35. The minimum absolute atomic E-state index is 0.0211. The van der Waals surface area contributed by atoms with Gasteiger partial charge in [-0.1, -0.05) is 0 Å². The zero-order valence-electron chi connectivity index (χ0n) is 15.9. The van der Waals surface area contributed by atoms with E-state index in [1.54, 1.807) is 18.7 Å². The van der Waals surface area contributed by atoms with Crippen molar-refractivity contribution in [1.82, 2.24) is 19.2 Å². The van der Waals surface area contributed by atoms with Gasteiger partial charge in [-0.3, -0.25) is 4.79 Å². The van der Waals surface area contributed by atoms with Gasteiger partial charge in [-0.25, -0.2) is 13.2 Å². The van der Waals surface area contributed by atoms with Crippen molar-refractivity contribution in [2.75, 3.05) is 39.1 Å². The number of H-pyrrole nitrogens is 1. The van der Waals surface area contributed by atoms with Crippen molar-refractivity contribution >= 4 is 15.9 Å². The van der Waals surface area contributed by atoms with Crippen LogP contribution in [0.15, 0.2) is 4.79 Å². The summed E-state index contributed by atoms with van der Waals surface area (Å²) in [6.45, 7) is 5.53. The molecule has 27 heavy (non-hydrogen) atoms. The Morgan fingerprint density at radius 1 is 1.26 bits per heavy atom. The summed E-state index contributed by atoms with van der Waals surface area (Å²) < 4.78 is 31.3. The number of carbonyl (C=O) groups is 1. The molecule has 150 valence electrons. The Hall–Kier alpha value is -1.78. The van der Waals surface area contributed by atoms with Crippen molar-refractivity contribution < 1.29 is 17.9 Å². The van der Waals surface area contributed by atoms with Crippen molar-refractivity contribution in [3.05, 3.63) is 27.4 Å². The fourth-order valence-corrected chi connectivity index (χ4v) is 5.08. The third kappa shape index (κ3) is 4.56. The highest BCUT2D eigenvalue weighted by Crippen LogP contribution is 2.23. The van der Waals surface area contributed by atoms with Gasteiger partial charge in [0, 0.05) is 43.4 Å². The highest BCUT2D eigenvalue weighted by molar-refractivity contribution is 7.88. The second-order valence-corrected chi connectivity index (χ2v) is 9.35. The highest BCUT2D eigenvalue weighted by atomic mass is 32.2. The van der Waals surface area contributed by atoms with Crippen molar-refractivity contribution in [3.63, 3.8) is 0 Å². The fraction of sp³-hybridized carbons (Fsp3) is 0.706. The second-order valence-electron chi connectivity index (χ2n) is 7.42. The van der Waals surface area contributed by atoms with Crippen LogP contribution in [-0.2, 0) is 26.0 Å². The van der Waals surface area contributed by atoms with Gasteiger partial charge in [0.05, 0.1) is 25.5 Å². The number of aryl methyl sites for hydroxylation is 2. The van der Waals surface area contributed by atoms with Crippen LogP contribution in [0, 0.1) is 19.8 Å². The van der Waals surface area contributed by atoms with Crippen molar-refractivity contribution in [2.24, 2.45) is 5.92 Å². The molecule has 2 aliphatic rings. The first-order chi connectivity index (χ1) is 12.6. The topological polar surface area (TPSA) is 113 Å². The van der Waals surface area contributed by atoms with E-state index in [1.807, 2.05) is 0 Å². The second kappa shape index (κ2) is 7.69. The predicted molar refractivity (Wildman–Crippen MR) is 98.9 cm³/mol. The highest BCUT2D eigenvalue weighted by Gasteiger charge is 2.38. The van der Waals surface area contributed by atoms with Crippen LogP contribution in [0.1, 0.15) is 23.4 Å². The van der Waals surface area contributed by atoms with Gasteiger partial charge in [-0.15, -0.1) is 0 Å². The van der Waals surface area contributed by atoms with E-state index in [0.29, 0.717) is 45.0 Å². The minimum Gasteiger partial charge on any atom is -0.379 e. The van der Waals surface area contributed by atoms with Crippen LogP contribution in [0.5, 0.6) is 0 Å². The average Bonchev–Trinajstić information content (AvgIpc) is 2.84. The summed E-state index contributed by atoms with van der Waals surface area (Å²) in [5.41, 5.74) is 1.85. The number of aromatic amines is 1. The van der Waals surface area contributed by atoms with Gasteiger partial charge in [0.2, 0.25) is 15.9 Å². The van der Waals surface area contributed by atoms with Crippen LogP contribution in [-0.4, -0.2) is 78.6 Å². The van der Waals surface area contributed by atoms with Crippen molar-refractivity contribution in [1.29, 1.82) is 0 Å². The van der Waals surface area contributed by atoms with Gasteiger partial charge in [0.25, 0.3) is 0 Å². The smallest absolute Gasteiger partial charge is 0.345 e. The first-order valence-corrected chi connectivity index (χ1v) is 10.9. The summed E-state index contributed by atoms with van der Waals surface area (Å²) in [4.78, 5) is 32.5. The van der Waals surface area contributed by atoms with Crippen LogP contribution in [0.2, 0.25) is 0 Å².